The van der Waals surface area contributed by atoms with Gasteiger partial charge in [0.15, 0.2) is 0 Å². The molecule has 0 fully saturated rings. The minimum atomic E-state index is -0.326. The number of hydrogen-bond donors (Lipinski definition) is 1. The summed E-state index contributed by atoms with van der Waals surface area (Å²) in [6.07, 6.45) is 5.32. The van der Waals surface area contributed by atoms with Crippen LogP contribution in [0.15, 0.2) is 48.5 Å². The minimum Gasteiger partial charge on any atom is -0.334 e. The molecule has 0 saturated heterocycles. The summed E-state index contributed by atoms with van der Waals surface area (Å²) < 4.78 is 12.9. The molecule has 2 aromatic carbocycles. The van der Waals surface area contributed by atoms with Gasteiger partial charge in [-0.2, -0.15) is 5.26 Å². The van der Waals surface area contributed by atoms with E-state index in [9.17, 15) is 9.18 Å². The van der Waals surface area contributed by atoms with Crippen LogP contribution >= 0.6 is 0 Å². The summed E-state index contributed by atoms with van der Waals surface area (Å²) in [6, 6.07) is 14.6. The van der Waals surface area contributed by atoms with E-state index in [1.807, 2.05) is 6.07 Å². The largest absolute Gasteiger partial charge is 0.334 e. The molecule has 0 radical (unpaired) electrons. The summed E-state index contributed by atoms with van der Waals surface area (Å²) in [6.45, 7) is 0.773. The highest BCUT2D eigenvalue weighted by Crippen LogP contribution is 2.08. The maximum Gasteiger partial charge on any atom is 0.318 e. The Balaban J connectivity index is 1.96. The lowest BCUT2D eigenvalue weighted by Gasteiger charge is -2.21. The lowest BCUT2D eigenvalue weighted by Crippen LogP contribution is -2.39. The summed E-state index contributed by atoms with van der Waals surface area (Å²) in [7, 11) is 0. The lowest BCUT2D eigenvalue weighted by molar-refractivity contribution is 0.201. The highest BCUT2D eigenvalue weighted by atomic mass is 19.1. The Morgan fingerprint density at radius 3 is 2.33 bits per heavy atom. The topological polar surface area (TPSA) is 56.1 Å². The molecule has 2 amide bonds. The Labute approximate surface area is 140 Å². The van der Waals surface area contributed by atoms with Gasteiger partial charge in [0, 0.05) is 13.1 Å². The molecule has 0 spiro atoms. The summed E-state index contributed by atoms with van der Waals surface area (Å²) in [5, 5.41) is 11.6. The molecule has 0 heterocycles. The zero-order chi connectivity index (χ0) is 17.4. The smallest absolute Gasteiger partial charge is 0.318 e. The molecule has 0 aliphatic rings. The van der Waals surface area contributed by atoms with Crippen LogP contribution in [0.25, 0.3) is 0 Å². The third-order valence-electron chi connectivity index (χ3n) is 3.38. The second-order valence-corrected chi connectivity index (χ2v) is 5.15. The predicted molar refractivity (Wildman–Crippen MR) is 89.0 cm³/mol. The fourth-order valence-corrected chi connectivity index (χ4v) is 2.11. The monoisotopic (exact) mass is 321 g/mol. The molecule has 24 heavy (non-hydrogen) atoms. The normalized spacial score (nSPS) is 9.62. The van der Waals surface area contributed by atoms with Crippen molar-refractivity contribution < 1.29 is 9.18 Å². The molecule has 0 atom stereocenters. The number of urea groups is 1. The van der Waals surface area contributed by atoms with Crippen molar-refractivity contribution in [3.8, 4) is 18.4 Å². The second-order valence-electron chi connectivity index (χ2n) is 5.15. The molecule has 2 rings (SSSR count). The number of benzene rings is 2. The molecular formula is C19H16FN3O. The minimum absolute atomic E-state index is 0.149. The number of nitrogens with one attached hydrogen (secondary N) is 1. The van der Waals surface area contributed by atoms with Crippen molar-refractivity contribution in [1.29, 1.82) is 5.26 Å². The molecule has 0 aromatic heterocycles. The zero-order valence-electron chi connectivity index (χ0n) is 13.0. The standard InChI is InChI=1S/C19H16FN3O/c1-2-11-23(14-17-7-9-18(20)10-8-17)19(24)22-13-16-5-3-15(12-21)4-6-16/h1,3-10H,11,13-14H2,(H,22,24). The van der Waals surface area contributed by atoms with Gasteiger partial charge < -0.3 is 10.2 Å². The van der Waals surface area contributed by atoms with Gasteiger partial charge in [-0.15, -0.1) is 6.42 Å². The highest BCUT2D eigenvalue weighted by molar-refractivity contribution is 5.74. The van der Waals surface area contributed by atoms with Gasteiger partial charge in [-0.3, -0.25) is 0 Å². The van der Waals surface area contributed by atoms with E-state index in [-0.39, 0.29) is 18.4 Å². The van der Waals surface area contributed by atoms with Crippen LogP contribution in [-0.4, -0.2) is 17.5 Å². The molecule has 2 aromatic rings. The summed E-state index contributed by atoms with van der Waals surface area (Å²) in [5.41, 5.74) is 2.24. The van der Waals surface area contributed by atoms with Crippen LogP contribution in [0.2, 0.25) is 0 Å². The van der Waals surface area contributed by atoms with Gasteiger partial charge in [0.1, 0.15) is 5.82 Å². The summed E-state index contributed by atoms with van der Waals surface area (Å²) >= 11 is 0. The van der Waals surface area contributed by atoms with Crippen molar-refractivity contribution in [2.75, 3.05) is 6.54 Å². The summed E-state index contributed by atoms with van der Waals surface area (Å²) in [4.78, 5) is 13.8. The van der Waals surface area contributed by atoms with Crippen LogP contribution in [0.1, 0.15) is 16.7 Å². The highest BCUT2D eigenvalue weighted by Gasteiger charge is 2.12. The molecular weight excluding hydrogens is 305 g/mol. The maximum absolute atomic E-state index is 12.9. The van der Waals surface area contributed by atoms with E-state index in [2.05, 4.69) is 11.2 Å². The van der Waals surface area contributed by atoms with Gasteiger partial charge in [0.05, 0.1) is 18.2 Å². The van der Waals surface area contributed by atoms with Crippen molar-refractivity contribution >= 4 is 6.03 Å². The number of carbonyl (C=O) groups excluding carboxylic acids is 1. The number of halogens is 1. The molecule has 4 nitrogen and oxygen atoms in total. The number of rotatable bonds is 5. The first-order valence-electron chi connectivity index (χ1n) is 7.32. The number of carbonyl (C=O) groups is 1. The van der Waals surface area contributed by atoms with E-state index in [1.54, 1.807) is 36.4 Å². The number of hydrogen-bond acceptors (Lipinski definition) is 2. The zero-order valence-corrected chi connectivity index (χ0v) is 13.0. The Bertz CT molecular complexity index is 770. The second kappa shape index (κ2) is 8.36. The van der Waals surface area contributed by atoms with Crippen LogP contribution in [0.4, 0.5) is 9.18 Å². The van der Waals surface area contributed by atoms with Crippen LogP contribution in [0.5, 0.6) is 0 Å². The quantitative estimate of drug-likeness (QED) is 0.861. The van der Waals surface area contributed by atoms with E-state index in [4.69, 9.17) is 11.7 Å². The molecule has 0 bridgehead atoms. The van der Waals surface area contributed by atoms with Crippen molar-refractivity contribution in [3.05, 3.63) is 71.0 Å². The van der Waals surface area contributed by atoms with Crippen LogP contribution in [0, 0.1) is 29.5 Å². The van der Waals surface area contributed by atoms with Gasteiger partial charge in [0.25, 0.3) is 0 Å². The number of amides is 2. The molecule has 5 heteroatoms. The fraction of sp³-hybridized carbons (Fsp3) is 0.158. The van der Waals surface area contributed by atoms with Crippen LogP contribution in [-0.2, 0) is 13.1 Å². The Hall–Kier alpha value is -3.31. The van der Waals surface area contributed by atoms with E-state index in [1.165, 1.54) is 17.0 Å². The Morgan fingerprint density at radius 2 is 1.75 bits per heavy atom. The van der Waals surface area contributed by atoms with Gasteiger partial charge >= 0.3 is 6.03 Å². The first-order chi connectivity index (χ1) is 11.6. The first kappa shape index (κ1) is 17.1. The Morgan fingerprint density at radius 1 is 1.12 bits per heavy atom. The average Bonchev–Trinajstić information content (AvgIpc) is 2.61. The molecule has 0 unspecified atom stereocenters. The molecule has 0 saturated carbocycles. The fourth-order valence-electron chi connectivity index (χ4n) is 2.11. The van der Waals surface area contributed by atoms with E-state index >= 15 is 0 Å². The van der Waals surface area contributed by atoms with Gasteiger partial charge in [-0.05, 0) is 35.4 Å². The lowest BCUT2D eigenvalue weighted by atomic mass is 10.1. The van der Waals surface area contributed by atoms with Gasteiger partial charge in [-0.1, -0.05) is 30.2 Å². The average molecular weight is 321 g/mol. The number of nitrogens with zero attached hydrogens (tertiary/aromatic N) is 2. The molecule has 0 aliphatic heterocycles. The van der Waals surface area contributed by atoms with Crippen molar-refractivity contribution in [2.24, 2.45) is 0 Å². The SMILES string of the molecule is C#CCN(Cc1ccc(F)cc1)C(=O)NCc1ccc(C#N)cc1. The molecule has 1 N–H and O–H groups in total. The van der Waals surface area contributed by atoms with Crippen molar-refractivity contribution in [3.63, 3.8) is 0 Å². The number of nitriles is 1. The third-order valence-corrected chi connectivity index (χ3v) is 3.38. The maximum atomic E-state index is 12.9. The van der Waals surface area contributed by atoms with Gasteiger partial charge in [0.2, 0.25) is 0 Å². The van der Waals surface area contributed by atoms with Crippen molar-refractivity contribution in [2.45, 2.75) is 13.1 Å². The first-order valence-corrected chi connectivity index (χ1v) is 7.32. The Kier molecular flexibility index (Phi) is 5.94. The summed E-state index contributed by atoms with van der Waals surface area (Å²) in [5.74, 6) is 2.12. The van der Waals surface area contributed by atoms with Crippen LogP contribution < -0.4 is 5.32 Å². The predicted octanol–water partition coefficient (Wildman–Crippen LogP) is 3.04. The third kappa shape index (κ3) is 4.86. The van der Waals surface area contributed by atoms with E-state index in [0.717, 1.165) is 11.1 Å². The van der Waals surface area contributed by atoms with Crippen LogP contribution in [0.3, 0.4) is 0 Å². The number of terminal acetylenes is 1. The molecule has 120 valence electrons. The van der Waals surface area contributed by atoms with Gasteiger partial charge in [-0.25, -0.2) is 9.18 Å². The molecule has 0 aliphatic carbocycles. The van der Waals surface area contributed by atoms with E-state index < -0.39 is 0 Å². The van der Waals surface area contributed by atoms with Crippen molar-refractivity contribution in [1.82, 2.24) is 10.2 Å². The van der Waals surface area contributed by atoms with E-state index in [0.29, 0.717) is 18.7 Å².